The molecule has 0 spiro atoms. The molecule has 2 saturated heterocycles. The van der Waals surface area contributed by atoms with E-state index in [0.717, 1.165) is 51.1 Å². The number of anilines is 2. The Balaban J connectivity index is 1.29. The number of hydrogen-bond acceptors (Lipinski definition) is 8. The molecule has 3 aromatic heterocycles. The van der Waals surface area contributed by atoms with Crippen LogP contribution in [0.5, 0.6) is 5.75 Å². The minimum Gasteiger partial charge on any atom is -0.508 e. The van der Waals surface area contributed by atoms with Gasteiger partial charge < -0.3 is 20.6 Å². The number of benzene rings is 1. The van der Waals surface area contributed by atoms with Crippen LogP contribution in [0.1, 0.15) is 18.4 Å². The number of fused-ring (bicyclic) bond motifs is 1. The summed E-state index contributed by atoms with van der Waals surface area (Å²) in [5, 5.41) is 16.2. The van der Waals surface area contributed by atoms with Crippen LogP contribution in [-0.4, -0.2) is 74.7 Å². The summed E-state index contributed by atoms with van der Waals surface area (Å²) in [4.78, 5) is 17.8. The summed E-state index contributed by atoms with van der Waals surface area (Å²) in [6.07, 6.45) is 4.84. The van der Waals surface area contributed by atoms with Gasteiger partial charge in [-0.3, -0.25) is 9.30 Å². The lowest BCUT2D eigenvalue weighted by atomic mass is 10.1. The maximum absolute atomic E-state index is 15.9. The zero-order valence-corrected chi connectivity index (χ0v) is 20.9. The molecule has 1 unspecified atom stereocenters. The summed E-state index contributed by atoms with van der Waals surface area (Å²) in [5.74, 6) is 0.0308. The number of nitrogens with one attached hydrogen (secondary N) is 2. The molecule has 0 bridgehead atoms. The molecule has 2 aliphatic heterocycles. The fraction of sp³-hybridized carbons (Fsp3) is 0.370. The van der Waals surface area contributed by atoms with E-state index in [2.05, 4.69) is 30.5 Å². The van der Waals surface area contributed by atoms with E-state index in [4.69, 9.17) is 0 Å². The first-order valence-electron chi connectivity index (χ1n) is 13.0. The number of pyridine rings is 1. The third kappa shape index (κ3) is 5.11. The van der Waals surface area contributed by atoms with Gasteiger partial charge in [0, 0.05) is 51.5 Å². The molecule has 1 atom stereocenters. The molecule has 0 saturated carbocycles. The first kappa shape index (κ1) is 24.5. The number of halogens is 2. The molecular formula is C27H30F2N8O. The molecule has 4 aromatic rings. The SMILES string of the molecule is Oc1ccc(CN2CCN(c3nc(-c4cnc5ccc(F)cn45)nc(NC4CCCNC4)c3F)CC2)cc1. The Bertz CT molecular complexity index is 1410. The highest BCUT2D eigenvalue weighted by Crippen LogP contribution is 2.29. The fourth-order valence-electron chi connectivity index (χ4n) is 5.12. The average Bonchev–Trinajstić information content (AvgIpc) is 3.35. The maximum Gasteiger partial charge on any atom is 0.207 e. The monoisotopic (exact) mass is 520 g/mol. The highest BCUT2D eigenvalue weighted by Gasteiger charge is 2.26. The van der Waals surface area contributed by atoms with E-state index in [1.54, 1.807) is 28.8 Å². The number of phenols is 1. The molecule has 2 fully saturated rings. The number of piperazine rings is 1. The number of aromatic hydroxyl groups is 1. The molecule has 11 heteroatoms. The lowest BCUT2D eigenvalue weighted by Crippen LogP contribution is -2.46. The van der Waals surface area contributed by atoms with Crippen molar-refractivity contribution < 1.29 is 13.9 Å². The first-order chi connectivity index (χ1) is 18.5. The zero-order valence-electron chi connectivity index (χ0n) is 20.9. The van der Waals surface area contributed by atoms with Gasteiger partial charge >= 0.3 is 0 Å². The van der Waals surface area contributed by atoms with Gasteiger partial charge in [0.05, 0.1) is 6.20 Å². The number of phenolic OH excluding ortho intramolecular Hbond substituents is 1. The average molecular weight is 521 g/mol. The molecule has 0 radical (unpaired) electrons. The van der Waals surface area contributed by atoms with E-state index in [1.807, 2.05) is 17.0 Å². The molecule has 0 amide bonds. The number of aromatic nitrogens is 4. The van der Waals surface area contributed by atoms with Crippen LogP contribution in [0.4, 0.5) is 20.4 Å². The molecule has 0 aliphatic carbocycles. The number of imidazole rings is 1. The van der Waals surface area contributed by atoms with Gasteiger partial charge in [-0.2, -0.15) is 4.39 Å². The molecule has 5 heterocycles. The Morgan fingerprint density at radius 3 is 2.61 bits per heavy atom. The van der Waals surface area contributed by atoms with Crippen molar-refractivity contribution in [1.82, 2.24) is 29.6 Å². The molecule has 9 nitrogen and oxygen atoms in total. The van der Waals surface area contributed by atoms with E-state index >= 15 is 4.39 Å². The Morgan fingerprint density at radius 1 is 1.03 bits per heavy atom. The van der Waals surface area contributed by atoms with Gasteiger partial charge in [-0.15, -0.1) is 0 Å². The van der Waals surface area contributed by atoms with Crippen molar-refractivity contribution in [3.8, 4) is 17.3 Å². The third-order valence-electron chi connectivity index (χ3n) is 7.18. The van der Waals surface area contributed by atoms with Crippen LogP contribution in [0.15, 0.2) is 48.8 Å². The van der Waals surface area contributed by atoms with Crippen molar-refractivity contribution in [1.29, 1.82) is 0 Å². The van der Waals surface area contributed by atoms with E-state index in [9.17, 15) is 9.50 Å². The van der Waals surface area contributed by atoms with Crippen molar-refractivity contribution in [2.45, 2.75) is 25.4 Å². The van der Waals surface area contributed by atoms with Crippen molar-refractivity contribution in [3.63, 3.8) is 0 Å². The quantitative estimate of drug-likeness (QED) is 0.357. The molecule has 2 aliphatic rings. The molecule has 1 aromatic carbocycles. The van der Waals surface area contributed by atoms with Crippen LogP contribution in [-0.2, 0) is 6.54 Å². The van der Waals surface area contributed by atoms with E-state index in [1.165, 1.54) is 12.3 Å². The van der Waals surface area contributed by atoms with E-state index in [-0.39, 0.29) is 29.3 Å². The van der Waals surface area contributed by atoms with Gasteiger partial charge in [0.15, 0.2) is 17.5 Å². The summed E-state index contributed by atoms with van der Waals surface area (Å²) >= 11 is 0. The van der Waals surface area contributed by atoms with Crippen LogP contribution in [0.2, 0.25) is 0 Å². The second kappa shape index (κ2) is 10.5. The number of rotatable bonds is 6. The summed E-state index contributed by atoms with van der Waals surface area (Å²) in [7, 11) is 0. The smallest absolute Gasteiger partial charge is 0.207 e. The Hall–Kier alpha value is -3.83. The van der Waals surface area contributed by atoms with Crippen LogP contribution in [0, 0.1) is 11.6 Å². The zero-order chi connectivity index (χ0) is 26.1. The van der Waals surface area contributed by atoms with Gasteiger partial charge in [-0.1, -0.05) is 12.1 Å². The van der Waals surface area contributed by atoms with Gasteiger partial charge in [0.25, 0.3) is 0 Å². The van der Waals surface area contributed by atoms with Gasteiger partial charge in [0.2, 0.25) is 5.82 Å². The third-order valence-corrected chi connectivity index (χ3v) is 7.18. The van der Waals surface area contributed by atoms with Crippen LogP contribution in [0.3, 0.4) is 0 Å². The maximum atomic E-state index is 15.9. The number of nitrogens with zero attached hydrogens (tertiary/aromatic N) is 6. The van der Waals surface area contributed by atoms with E-state index < -0.39 is 11.6 Å². The molecule has 6 rings (SSSR count). The normalized spacial score (nSPS) is 18.7. The van der Waals surface area contributed by atoms with Crippen molar-refractivity contribution in [2.24, 2.45) is 0 Å². The van der Waals surface area contributed by atoms with Crippen molar-refractivity contribution in [2.75, 3.05) is 49.5 Å². The molecule has 198 valence electrons. The van der Waals surface area contributed by atoms with Crippen molar-refractivity contribution >= 4 is 17.3 Å². The van der Waals surface area contributed by atoms with Gasteiger partial charge in [0.1, 0.15) is 22.9 Å². The molecular weight excluding hydrogens is 490 g/mol. The second-order valence-corrected chi connectivity index (χ2v) is 9.87. The van der Waals surface area contributed by atoms with Crippen LogP contribution >= 0.6 is 0 Å². The largest absolute Gasteiger partial charge is 0.508 e. The minimum absolute atomic E-state index is 0.0515. The first-order valence-corrected chi connectivity index (χ1v) is 13.0. The lowest BCUT2D eigenvalue weighted by molar-refractivity contribution is 0.248. The highest BCUT2D eigenvalue weighted by atomic mass is 19.1. The fourth-order valence-corrected chi connectivity index (χ4v) is 5.12. The van der Waals surface area contributed by atoms with Crippen LogP contribution < -0.4 is 15.5 Å². The van der Waals surface area contributed by atoms with Crippen LogP contribution in [0.25, 0.3) is 17.2 Å². The predicted molar refractivity (Wildman–Crippen MR) is 141 cm³/mol. The minimum atomic E-state index is -0.480. The second-order valence-electron chi connectivity index (χ2n) is 9.87. The van der Waals surface area contributed by atoms with E-state index in [0.29, 0.717) is 24.4 Å². The summed E-state index contributed by atoms with van der Waals surface area (Å²) < 4.78 is 31.6. The molecule has 38 heavy (non-hydrogen) atoms. The Kier molecular flexibility index (Phi) is 6.77. The Morgan fingerprint density at radius 2 is 1.84 bits per heavy atom. The Labute approximate surface area is 219 Å². The van der Waals surface area contributed by atoms with Crippen molar-refractivity contribution in [3.05, 3.63) is 66.0 Å². The summed E-state index contributed by atoms with van der Waals surface area (Å²) in [5.41, 5.74) is 2.17. The number of piperidine rings is 1. The predicted octanol–water partition coefficient (Wildman–Crippen LogP) is 3.26. The lowest BCUT2D eigenvalue weighted by Gasteiger charge is -2.36. The summed E-state index contributed by atoms with van der Waals surface area (Å²) in [6.45, 7) is 5.08. The number of hydrogen-bond donors (Lipinski definition) is 3. The molecule has 3 N–H and O–H groups in total. The summed E-state index contributed by atoms with van der Waals surface area (Å²) in [6, 6.07) is 10.2. The van der Waals surface area contributed by atoms with Gasteiger partial charge in [-0.25, -0.2) is 19.3 Å². The topological polar surface area (TPSA) is 93.9 Å². The van der Waals surface area contributed by atoms with Gasteiger partial charge in [-0.05, 0) is 49.2 Å². The standard InChI is InChI=1S/C27H30F2N8O/c28-19-5-8-23-31-15-22(37(23)17-19)25-33-26(32-20-2-1-9-30-14-20)24(29)27(34-25)36-12-10-35(11-13-36)16-18-3-6-21(38)7-4-18/h3-8,15,17,20,30,38H,1-2,9-14,16H2,(H,32,33,34). The highest BCUT2D eigenvalue weighted by molar-refractivity contribution is 5.63.